The first-order valence-corrected chi connectivity index (χ1v) is 16.6. The highest BCUT2D eigenvalue weighted by Gasteiger charge is 2.62. The molecular formula is C35H46N2O9. The highest BCUT2D eigenvalue weighted by molar-refractivity contribution is 5.91. The molecule has 3 N–H and O–H groups in total. The van der Waals surface area contributed by atoms with E-state index < -0.39 is 6.10 Å². The summed E-state index contributed by atoms with van der Waals surface area (Å²) in [4.78, 5) is 49.8. The number of ether oxygens (including phenoxy) is 4. The molecule has 4 aliphatic heterocycles. The fourth-order valence-electron chi connectivity index (χ4n) is 7.63. The fraction of sp³-hybridized carbons (Fsp3) is 0.657. The average Bonchev–Trinajstić information content (AvgIpc) is 3.81. The zero-order valence-corrected chi connectivity index (χ0v) is 26.8. The molecule has 4 heterocycles. The molecule has 8 atom stereocenters. The molecule has 250 valence electrons. The predicted molar refractivity (Wildman–Crippen MR) is 166 cm³/mol. The topological polar surface area (TPSA) is 156 Å². The molecule has 0 radical (unpaired) electrons. The van der Waals surface area contributed by atoms with Gasteiger partial charge in [-0.1, -0.05) is 36.5 Å². The molecular weight excluding hydrogens is 592 g/mol. The van der Waals surface area contributed by atoms with E-state index in [-0.39, 0.29) is 84.0 Å². The van der Waals surface area contributed by atoms with Crippen molar-refractivity contribution in [3.05, 3.63) is 47.6 Å². The lowest BCUT2D eigenvalue weighted by molar-refractivity contribution is -0.140. The lowest BCUT2D eigenvalue weighted by Gasteiger charge is -2.20. The Bertz CT molecular complexity index is 1280. The number of rotatable bonds is 8. The van der Waals surface area contributed by atoms with Crippen LogP contribution in [0.15, 0.2) is 47.6 Å². The van der Waals surface area contributed by atoms with E-state index in [1.54, 1.807) is 0 Å². The fourth-order valence-corrected chi connectivity index (χ4v) is 7.63. The van der Waals surface area contributed by atoms with Crippen molar-refractivity contribution in [1.82, 2.24) is 10.6 Å². The van der Waals surface area contributed by atoms with Crippen LogP contribution < -0.4 is 10.6 Å². The van der Waals surface area contributed by atoms with Crippen LogP contribution in [0.3, 0.4) is 0 Å². The molecule has 0 bridgehead atoms. The zero-order valence-electron chi connectivity index (χ0n) is 26.8. The maximum atomic E-state index is 12.7. The number of carbonyl (C=O) groups is 4. The molecule has 11 nitrogen and oxygen atoms in total. The summed E-state index contributed by atoms with van der Waals surface area (Å²) in [5.41, 5.74) is 2.36. The van der Waals surface area contributed by atoms with Gasteiger partial charge in [0.05, 0.1) is 30.1 Å². The number of hydrogen-bond donors (Lipinski definition) is 3. The molecule has 0 aromatic carbocycles. The second-order valence-corrected chi connectivity index (χ2v) is 14.2. The van der Waals surface area contributed by atoms with Crippen LogP contribution in [-0.2, 0) is 38.1 Å². The highest BCUT2D eigenvalue weighted by atomic mass is 16.7. The third-order valence-electron chi connectivity index (χ3n) is 10.7. The number of esters is 2. The quantitative estimate of drug-likeness (QED) is 0.158. The van der Waals surface area contributed by atoms with Crippen LogP contribution in [0.5, 0.6) is 0 Å². The number of allylic oxidation sites excluding steroid dienone is 2. The lowest BCUT2D eigenvalue weighted by atomic mass is 9.84. The molecule has 2 aliphatic carbocycles. The van der Waals surface area contributed by atoms with Gasteiger partial charge in [0.25, 0.3) is 0 Å². The van der Waals surface area contributed by atoms with Gasteiger partial charge in [0.1, 0.15) is 24.4 Å². The first-order valence-electron chi connectivity index (χ1n) is 16.6. The largest absolute Gasteiger partial charge is 0.455 e. The first kappa shape index (κ1) is 32.7. The minimum Gasteiger partial charge on any atom is -0.455 e. The Labute approximate surface area is 269 Å². The van der Waals surface area contributed by atoms with Gasteiger partial charge in [0, 0.05) is 36.1 Å². The average molecular weight is 639 g/mol. The molecule has 11 heteroatoms. The van der Waals surface area contributed by atoms with E-state index in [0.717, 1.165) is 36.8 Å². The van der Waals surface area contributed by atoms with E-state index in [1.165, 1.54) is 0 Å². The number of carbonyl (C=O) groups excluding carboxylic acids is 4. The number of aliphatic hydroxyl groups is 1. The minimum absolute atomic E-state index is 0.108. The van der Waals surface area contributed by atoms with Crippen LogP contribution in [0, 0.1) is 11.8 Å². The maximum absolute atomic E-state index is 12.7. The Hall–Kier alpha value is -3.28. The van der Waals surface area contributed by atoms with Crippen molar-refractivity contribution in [2.24, 2.45) is 11.8 Å². The second-order valence-electron chi connectivity index (χ2n) is 14.2. The Balaban J connectivity index is 0.944. The second kappa shape index (κ2) is 12.7. The van der Waals surface area contributed by atoms with Crippen molar-refractivity contribution in [2.75, 3.05) is 13.1 Å². The van der Waals surface area contributed by atoms with E-state index in [1.807, 2.05) is 13.8 Å². The normalized spacial score (nSPS) is 39.8. The SMILES string of the molecule is C=C1C(=O)O[C@H]2[C@H]1CC/C(CNC(=O)CC(O)CC(=O)NC/C1=C/CC[C@@]3(C)O[C@H]3[C@H]3OC(=O)C(=C)[C@@H]3CC1)=C\CC[C@@]1(C)O[C@@H]21. The van der Waals surface area contributed by atoms with E-state index in [4.69, 9.17) is 18.9 Å². The predicted octanol–water partition coefficient (Wildman–Crippen LogP) is 2.87. The van der Waals surface area contributed by atoms with Crippen molar-refractivity contribution in [1.29, 1.82) is 0 Å². The molecule has 6 aliphatic rings. The third-order valence-corrected chi connectivity index (χ3v) is 10.7. The van der Waals surface area contributed by atoms with E-state index >= 15 is 0 Å². The minimum atomic E-state index is -1.12. The van der Waals surface area contributed by atoms with E-state index in [0.29, 0.717) is 49.9 Å². The van der Waals surface area contributed by atoms with E-state index in [2.05, 4.69) is 35.9 Å². The summed E-state index contributed by atoms with van der Waals surface area (Å²) < 4.78 is 23.1. The van der Waals surface area contributed by atoms with Crippen molar-refractivity contribution in [3.8, 4) is 0 Å². The van der Waals surface area contributed by atoms with Crippen LogP contribution >= 0.6 is 0 Å². The first-order chi connectivity index (χ1) is 21.9. The Morgan fingerprint density at radius 1 is 0.826 bits per heavy atom. The number of nitrogens with one attached hydrogen (secondary N) is 2. The highest BCUT2D eigenvalue weighted by Crippen LogP contribution is 2.51. The lowest BCUT2D eigenvalue weighted by Crippen LogP contribution is -2.34. The molecule has 0 spiro atoms. The summed E-state index contributed by atoms with van der Waals surface area (Å²) >= 11 is 0. The van der Waals surface area contributed by atoms with Gasteiger partial charge in [-0.25, -0.2) is 9.59 Å². The number of epoxide rings is 2. The van der Waals surface area contributed by atoms with E-state index in [9.17, 15) is 24.3 Å². The standard InChI is InChI=1S/C35H46N2O9/c1-19-24-11-9-21(7-5-13-34(3)30(45-34)28(24)43-32(19)41)17-36-26(39)15-23(38)16-27(40)37-18-22-8-6-14-35(4)31(46-35)29-25(12-10-22)20(2)33(42)44-29/h7-8,23-25,28-31,38H,1-2,5-6,9-18H2,3-4H3,(H,36,39)(H,37,40)/b21-7+,22-8+/t24-,25-,28-,29-,30-,31-,34+,35+/m0/s1. The molecule has 4 saturated heterocycles. The van der Waals surface area contributed by atoms with Gasteiger partial charge in [-0.05, 0) is 65.2 Å². The van der Waals surface area contributed by atoms with Crippen molar-refractivity contribution >= 4 is 23.8 Å². The maximum Gasteiger partial charge on any atom is 0.334 e. The van der Waals surface area contributed by atoms with Crippen LogP contribution in [0.25, 0.3) is 0 Å². The van der Waals surface area contributed by atoms with Gasteiger partial charge in [-0.3, -0.25) is 9.59 Å². The van der Waals surface area contributed by atoms with Gasteiger partial charge >= 0.3 is 11.9 Å². The molecule has 2 amide bonds. The Morgan fingerprint density at radius 2 is 1.24 bits per heavy atom. The van der Waals surface area contributed by atoms with Crippen molar-refractivity contribution in [2.45, 2.75) is 120 Å². The summed E-state index contributed by atoms with van der Waals surface area (Å²) in [5.74, 6) is -1.65. The van der Waals surface area contributed by atoms with Crippen molar-refractivity contribution in [3.63, 3.8) is 0 Å². The number of amides is 2. The summed E-state index contributed by atoms with van der Waals surface area (Å²) in [6.07, 6.45) is 7.67. The van der Waals surface area contributed by atoms with Crippen LogP contribution in [0.1, 0.15) is 78.1 Å². The summed E-state index contributed by atoms with van der Waals surface area (Å²) in [7, 11) is 0. The van der Waals surface area contributed by atoms with Gasteiger partial charge in [0.15, 0.2) is 0 Å². The zero-order chi connectivity index (χ0) is 32.8. The molecule has 4 fully saturated rings. The summed E-state index contributed by atoms with van der Waals surface area (Å²) in [6.45, 7) is 12.6. The monoisotopic (exact) mass is 638 g/mol. The molecule has 6 rings (SSSR count). The third kappa shape index (κ3) is 6.87. The number of fused-ring (bicyclic) bond motifs is 6. The van der Waals surface area contributed by atoms with Gasteiger partial charge < -0.3 is 34.7 Å². The van der Waals surface area contributed by atoms with Crippen LogP contribution in [0.4, 0.5) is 0 Å². The van der Waals surface area contributed by atoms with Crippen LogP contribution in [0.2, 0.25) is 0 Å². The van der Waals surface area contributed by atoms with Crippen molar-refractivity contribution < 1.29 is 43.2 Å². The molecule has 0 aromatic rings. The number of hydrogen-bond acceptors (Lipinski definition) is 9. The van der Waals surface area contributed by atoms with Gasteiger partial charge in [0.2, 0.25) is 11.8 Å². The smallest absolute Gasteiger partial charge is 0.334 e. The molecule has 0 saturated carbocycles. The van der Waals surface area contributed by atoms with Crippen LogP contribution in [-0.4, -0.2) is 83.7 Å². The van der Waals surface area contributed by atoms with Gasteiger partial charge in [-0.2, -0.15) is 0 Å². The molecule has 46 heavy (non-hydrogen) atoms. The summed E-state index contributed by atoms with van der Waals surface area (Å²) in [5, 5.41) is 16.3. The Kier molecular flexibility index (Phi) is 9.04. The summed E-state index contributed by atoms with van der Waals surface area (Å²) in [6, 6.07) is 0. The Morgan fingerprint density at radius 3 is 1.65 bits per heavy atom. The molecule has 0 aromatic heterocycles. The molecule has 0 unspecified atom stereocenters. The van der Waals surface area contributed by atoms with Gasteiger partial charge in [-0.15, -0.1) is 0 Å². The number of aliphatic hydroxyl groups excluding tert-OH is 1.